The van der Waals surface area contributed by atoms with E-state index in [4.69, 9.17) is 5.11 Å². The number of rotatable bonds is 6. The van der Waals surface area contributed by atoms with Crippen molar-refractivity contribution in [3.8, 4) is 0 Å². The monoisotopic (exact) mass is 267 g/mol. The van der Waals surface area contributed by atoms with Crippen LogP contribution < -0.4 is 5.32 Å². The summed E-state index contributed by atoms with van der Waals surface area (Å²) in [5.74, 6) is -1.90. The van der Waals surface area contributed by atoms with Crippen molar-refractivity contribution in [3.05, 3.63) is 35.6 Å². The molecular formula is C14H18FNO3. The van der Waals surface area contributed by atoms with Crippen LogP contribution in [0, 0.1) is 5.82 Å². The second-order valence-corrected chi connectivity index (χ2v) is 4.53. The van der Waals surface area contributed by atoms with Crippen LogP contribution in [0.3, 0.4) is 0 Å². The molecule has 0 saturated heterocycles. The fourth-order valence-corrected chi connectivity index (χ4v) is 1.80. The number of benzene rings is 1. The highest BCUT2D eigenvalue weighted by molar-refractivity contribution is 5.83. The zero-order valence-electron chi connectivity index (χ0n) is 11.0. The molecule has 1 aromatic rings. The Kier molecular flexibility index (Phi) is 5.48. The van der Waals surface area contributed by atoms with Gasteiger partial charge in [0.2, 0.25) is 5.91 Å². The van der Waals surface area contributed by atoms with E-state index in [1.165, 1.54) is 12.1 Å². The van der Waals surface area contributed by atoms with Crippen molar-refractivity contribution in [2.75, 3.05) is 0 Å². The van der Waals surface area contributed by atoms with E-state index in [9.17, 15) is 14.0 Å². The minimum absolute atomic E-state index is 0.132. The standard InChI is InChI=1S/C14H18FNO3/c1-3-12(14(18)19)16-13(17)7-9(2)10-5-4-6-11(15)8-10/h4-6,8-9,12H,3,7H2,1-2H3,(H,16,17)(H,18,19). The first-order chi connectivity index (χ1) is 8.93. The molecule has 19 heavy (non-hydrogen) atoms. The van der Waals surface area contributed by atoms with Crippen molar-refractivity contribution in [2.45, 2.75) is 38.6 Å². The molecule has 0 aliphatic heterocycles. The number of hydrogen-bond donors (Lipinski definition) is 2. The molecule has 0 spiro atoms. The Morgan fingerprint density at radius 1 is 1.42 bits per heavy atom. The average Bonchev–Trinajstić information content (AvgIpc) is 2.35. The molecule has 1 amide bonds. The van der Waals surface area contributed by atoms with Gasteiger partial charge < -0.3 is 10.4 Å². The number of aliphatic carboxylic acids is 1. The van der Waals surface area contributed by atoms with Gasteiger partial charge in [-0.05, 0) is 30.0 Å². The van der Waals surface area contributed by atoms with E-state index in [0.29, 0.717) is 6.42 Å². The fourth-order valence-electron chi connectivity index (χ4n) is 1.80. The van der Waals surface area contributed by atoms with Crippen LogP contribution in [0.4, 0.5) is 4.39 Å². The van der Waals surface area contributed by atoms with Gasteiger partial charge in [0.15, 0.2) is 0 Å². The number of halogens is 1. The predicted molar refractivity (Wildman–Crippen MR) is 69.3 cm³/mol. The van der Waals surface area contributed by atoms with Crippen LogP contribution in [0.1, 0.15) is 38.2 Å². The van der Waals surface area contributed by atoms with Gasteiger partial charge in [0.25, 0.3) is 0 Å². The highest BCUT2D eigenvalue weighted by atomic mass is 19.1. The molecule has 0 radical (unpaired) electrons. The first-order valence-electron chi connectivity index (χ1n) is 6.21. The van der Waals surface area contributed by atoms with Crippen LogP contribution in [-0.4, -0.2) is 23.0 Å². The molecule has 5 heteroatoms. The molecule has 0 heterocycles. The maximum Gasteiger partial charge on any atom is 0.326 e. The van der Waals surface area contributed by atoms with Gasteiger partial charge in [0, 0.05) is 6.42 Å². The van der Waals surface area contributed by atoms with Crippen LogP contribution >= 0.6 is 0 Å². The molecule has 0 aromatic heterocycles. The molecule has 104 valence electrons. The van der Waals surface area contributed by atoms with Gasteiger partial charge in [-0.25, -0.2) is 9.18 Å². The van der Waals surface area contributed by atoms with E-state index in [0.717, 1.165) is 5.56 Å². The smallest absolute Gasteiger partial charge is 0.326 e. The van der Waals surface area contributed by atoms with Gasteiger partial charge in [-0.15, -0.1) is 0 Å². The number of nitrogens with one attached hydrogen (secondary N) is 1. The Hall–Kier alpha value is -1.91. The lowest BCUT2D eigenvalue weighted by Crippen LogP contribution is -2.40. The molecule has 0 bridgehead atoms. The lowest BCUT2D eigenvalue weighted by molar-refractivity contribution is -0.141. The molecule has 1 rings (SSSR count). The van der Waals surface area contributed by atoms with Crippen molar-refractivity contribution in [1.82, 2.24) is 5.32 Å². The van der Waals surface area contributed by atoms with Gasteiger partial charge in [-0.1, -0.05) is 26.0 Å². The Balaban J connectivity index is 2.59. The quantitative estimate of drug-likeness (QED) is 0.831. The van der Waals surface area contributed by atoms with Crippen LogP contribution in [0.25, 0.3) is 0 Å². The van der Waals surface area contributed by atoms with Crippen LogP contribution in [0.2, 0.25) is 0 Å². The van der Waals surface area contributed by atoms with E-state index in [1.807, 2.05) is 0 Å². The minimum atomic E-state index is -1.05. The SMILES string of the molecule is CCC(NC(=O)CC(C)c1cccc(F)c1)C(=O)O. The number of carbonyl (C=O) groups excluding carboxylic acids is 1. The Morgan fingerprint density at radius 2 is 2.11 bits per heavy atom. The van der Waals surface area contributed by atoms with Crippen LogP contribution in [0.5, 0.6) is 0 Å². The first-order valence-corrected chi connectivity index (χ1v) is 6.21. The Bertz CT molecular complexity index is 462. The molecular weight excluding hydrogens is 249 g/mol. The van der Waals surface area contributed by atoms with E-state index < -0.39 is 12.0 Å². The second-order valence-electron chi connectivity index (χ2n) is 4.53. The third-order valence-electron chi connectivity index (χ3n) is 2.95. The number of carboxylic acids is 1. The van der Waals surface area contributed by atoms with Crippen LogP contribution in [-0.2, 0) is 9.59 Å². The summed E-state index contributed by atoms with van der Waals surface area (Å²) >= 11 is 0. The van der Waals surface area contributed by atoms with Gasteiger partial charge >= 0.3 is 5.97 Å². The van der Waals surface area contributed by atoms with E-state index >= 15 is 0 Å². The lowest BCUT2D eigenvalue weighted by Gasteiger charge is -2.15. The molecule has 0 fully saturated rings. The molecule has 0 aliphatic carbocycles. The normalized spacial score (nSPS) is 13.6. The topological polar surface area (TPSA) is 66.4 Å². The van der Waals surface area contributed by atoms with Crippen molar-refractivity contribution >= 4 is 11.9 Å². The lowest BCUT2D eigenvalue weighted by atomic mass is 9.97. The Labute approximate surface area is 111 Å². The van der Waals surface area contributed by atoms with E-state index in [1.54, 1.807) is 26.0 Å². The number of amides is 1. The third kappa shape index (κ3) is 4.69. The highest BCUT2D eigenvalue weighted by Crippen LogP contribution is 2.19. The molecule has 0 saturated carbocycles. The Morgan fingerprint density at radius 3 is 2.63 bits per heavy atom. The number of carboxylic acid groups (broad SMARTS) is 1. The second kappa shape index (κ2) is 6.87. The highest BCUT2D eigenvalue weighted by Gasteiger charge is 2.19. The predicted octanol–water partition coefficient (Wildman–Crippen LogP) is 2.30. The van der Waals surface area contributed by atoms with E-state index in [-0.39, 0.29) is 24.1 Å². The van der Waals surface area contributed by atoms with Crippen molar-refractivity contribution in [3.63, 3.8) is 0 Å². The maximum atomic E-state index is 13.1. The zero-order valence-corrected chi connectivity index (χ0v) is 11.0. The molecule has 2 atom stereocenters. The summed E-state index contributed by atoms with van der Waals surface area (Å²) in [6.07, 6.45) is 0.461. The minimum Gasteiger partial charge on any atom is -0.480 e. The molecule has 4 nitrogen and oxygen atoms in total. The van der Waals surface area contributed by atoms with Gasteiger partial charge in [-0.2, -0.15) is 0 Å². The van der Waals surface area contributed by atoms with Crippen LogP contribution in [0.15, 0.2) is 24.3 Å². The molecule has 2 unspecified atom stereocenters. The summed E-state index contributed by atoms with van der Waals surface area (Å²) in [6, 6.07) is 5.19. The summed E-state index contributed by atoms with van der Waals surface area (Å²) in [4.78, 5) is 22.5. The average molecular weight is 267 g/mol. The summed E-state index contributed by atoms with van der Waals surface area (Å²) < 4.78 is 13.1. The van der Waals surface area contributed by atoms with Gasteiger partial charge in [-0.3, -0.25) is 4.79 Å². The zero-order chi connectivity index (χ0) is 14.4. The summed E-state index contributed by atoms with van der Waals surface area (Å²) in [5.41, 5.74) is 0.721. The molecule has 1 aromatic carbocycles. The summed E-state index contributed by atoms with van der Waals surface area (Å²) in [7, 11) is 0. The summed E-state index contributed by atoms with van der Waals surface area (Å²) in [5, 5.41) is 11.3. The largest absolute Gasteiger partial charge is 0.480 e. The number of carbonyl (C=O) groups is 2. The van der Waals surface area contributed by atoms with Crippen molar-refractivity contribution < 1.29 is 19.1 Å². The third-order valence-corrected chi connectivity index (χ3v) is 2.95. The van der Waals surface area contributed by atoms with Crippen molar-refractivity contribution in [1.29, 1.82) is 0 Å². The van der Waals surface area contributed by atoms with Gasteiger partial charge in [0.1, 0.15) is 11.9 Å². The van der Waals surface area contributed by atoms with E-state index in [2.05, 4.69) is 5.32 Å². The first kappa shape index (κ1) is 15.1. The maximum absolute atomic E-state index is 13.1. The van der Waals surface area contributed by atoms with Crippen molar-refractivity contribution in [2.24, 2.45) is 0 Å². The summed E-state index contributed by atoms with van der Waals surface area (Å²) in [6.45, 7) is 3.49. The molecule has 0 aliphatic rings. The van der Waals surface area contributed by atoms with Gasteiger partial charge in [0.05, 0.1) is 0 Å². The fraction of sp³-hybridized carbons (Fsp3) is 0.429. The molecule has 2 N–H and O–H groups in total. The number of hydrogen-bond acceptors (Lipinski definition) is 2.